The highest BCUT2D eigenvalue weighted by atomic mass is 35.5. The third-order valence-corrected chi connectivity index (χ3v) is 7.04. The fraction of sp³-hybridized carbons (Fsp3) is 0.400. The number of esters is 1. The maximum absolute atomic E-state index is 12.5. The number of ether oxygens (including phenoxy) is 1. The minimum absolute atomic E-state index is 0.0995. The lowest BCUT2D eigenvalue weighted by molar-refractivity contribution is -0.115. The summed E-state index contributed by atoms with van der Waals surface area (Å²) in [4.78, 5) is 29.3. The minimum Gasteiger partial charge on any atom is -0.465 e. The van der Waals surface area contributed by atoms with Gasteiger partial charge >= 0.3 is 5.97 Å². The van der Waals surface area contributed by atoms with Gasteiger partial charge in [-0.05, 0) is 42.8 Å². The SMILES string of the molecule is CCN1CCc2c(sc(NC(=O)CCSc3ccc(Cl)cc3)c2C(=O)OC)C1. The molecule has 5 nitrogen and oxygen atoms in total. The molecule has 0 atom stereocenters. The Labute approximate surface area is 178 Å². The topological polar surface area (TPSA) is 58.6 Å². The highest BCUT2D eigenvalue weighted by Crippen LogP contribution is 2.37. The van der Waals surface area contributed by atoms with Crippen molar-refractivity contribution in [3.8, 4) is 0 Å². The molecule has 28 heavy (non-hydrogen) atoms. The van der Waals surface area contributed by atoms with Crippen molar-refractivity contribution in [1.29, 1.82) is 0 Å². The Kier molecular flexibility index (Phi) is 7.40. The summed E-state index contributed by atoms with van der Waals surface area (Å²) in [6.45, 7) is 4.81. The molecule has 1 amide bonds. The van der Waals surface area contributed by atoms with Crippen molar-refractivity contribution in [1.82, 2.24) is 4.90 Å². The quantitative estimate of drug-likeness (QED) is 0.502. The Bertz CT molecular complexity index is 852. The van der Waals surface area contributed by atoms with Gasteiger partial charge in [-0.25, -0.2) is 4.79 Å². The first kappa shape index (κ1) is 21.2. The van der Waals surface area contributed by atoms with E-state index < -0.39 is 0 Å². The molecule has 1 aliphatic heterocycles. The zero-order valence-corrected chi connectivity index (χ0v) is 18.3. The average molecular weight is 439 g/mol. The fourth-order valence-corrected chi connectivity index (χ4v) is 5.39. The summed E-state index contributed by atoms with van der Waals surface area (Å²) < 4.78 is 4.97. The van der Waals surface area contributed by atoms with Crippen LogP contribution in [0.15, 0.2) is 29.2 Å². The molecule has 0 bridgehead atoms. The van der Waals surface area contributed by atoms with Crippen LogP contribution in [-0.2, 0) is 22.5 Å². The van der Waals surface area contributed by atoms with Crippen LogP contribution in [0.1, 0.15) is 34.1 Å². The number of likely N-dealkylation sites (N-methyl/N-ethyl adjacent to an activating group) is 1. The number of nitrogens with zero attached hydrogens (tertiary/aromatic N) is 1. The first-order chi connectivity index (χ1) is 13.5. The molecular weight excluding hydrogens is 416 g/mol. The van der Waals surface area contributed by atoms with Crippen molar-refractivity contribution >= 4 is 51.6 Å². The van der Waals surface area contributed by atoms with Crippen LogP contribution in [0.5, 0.6) is 0 Å². The van der Waals surface area contributed by atoms with Gasteiger partial charge in [0.25, 0.3) is 0 Å². The van der Waals surface area contributed by atoms with E-state index in [0.717, 1.165) is 41.4 Å². The molecule has 0 saturated heterocycles. The molecule has 1 aliphatic rings. The number of hydrogen-bond acceptors (Lipinski definition) is 6. The highest BCUT2D eigenvalue weighted by molar-refractivity contribution is 7.99. The van der Waals surface area contributed by atoms with Gasteiger partial charge in [-0.15, -0.1) is 23.1 Å². The summed E-state index contributed by atoms with van der Waals surface area (Å²) in [6.07, 6.45) is 1.16. The minimum atomic E-state index is -0.381. The van der Waals surface area contributed by atoms with E-state index >= 15 is 0 Å². The summed E-state index contributed by atoms with van der Waals surface area (Å²) in [7, 11) is 1.38. The van der Waals surface area contributed by atoms with Gasteiger partial charge in [-0.1, -0.05) is 18.5 Å². The van der Waals surface area contributed by atoms with Crippen LogP contribution in [0.25, 0.3) is 0 Å². The molecule has 2 aromatic rings. The molecule has 0 unspecified atom stereocenters. The summed E-state index contributed by atoms with van der Waals surface area (Å²) in [5.74, 6) is 0.168. The predicted molar refractivity (Wildman–Crippen MR) is 116 cm³/mol. The molecule has 0 fully saturated rings. The Morgan fingerprint density at radius 3 is 2.75 bits per heavy atom. The first-order valence-electron chi connectivity index (χ1n) is 9.15. The van der Waals surface area contributed by atoms with Crippen molar-refractivity contribution in [3.05, 3.63) is 45.3 Å². The zero-order chi connectivity index (χ0) is 20.1. The monoisotopic (exact) mass is 438 g/mol. The maximum Gasteiger partial charge on any atom is 0.341 e. The number of carbonyl (C=O) groups excluding carboxylic acids is 2. The molecule has 1 aromatic carbocycles. The Hall–Kier alpha value is -1.54. The summed E-state index contributed by atoms with van der Waals surface area (Å²) in [5.41, 5.74) is 1.55. The molecule has 2 heterocycles. The second-order valence-electron chi connectivity index (χ2n) is 6.42. The van der Waals surface area contributed by atoms with E-state index in [0.29, 0.717) is 27.8 Å². The van der Waals surface area contributed by atoms with Crippen molar-refractivity contribution in [2.45, 2.75) is 31.2 Å². The van der Waals surface area contributed by atoms with Gasteiger partial charge in [0, 0.05) is 40.1 Å². The van der Waals surface area contributed by atoms with Gasteiger partial charge in [0.1, 0.15) is 5.00 Å². The number of nitrogens with one attached hydrogen (secondary N) is 1. The van der Waals surface area contributed by atoms with Gasteiger partial charge in [-0.3, -0.25) is 9.69 Å². The number of methoxy groups -OCH3 is 1. The number of hydrogen-bond donors (Lipinski definition) is 1. The van der Waals surface area contributed by atoms with Crippen molar-refractivity contribution in [3.63, 3.8) is 0 Å². The van der Waals surface area contributed by atoms with Crippen LogP contribution >= 0.6 is 34.7 Å². The van der Waals surface area contributed by atoms with E-state index in [1.165, 1.54) is 18.4 Å². The van der Waals surface area contributed by atoms with Crippen molar-refractivity contribution in [2.24, 2.45) is 0 Å². The summed E-state index contributed by atoms with van der Waals surface area (Å²) in [5, 5.41) is 4.24. The Balaban J connectivity index is 1.65. The normalized spacial score (nSPS) is 13.8. The van der Waals surface area contributed by atoms with Crippen molar-refractivity contribution in [2.75, 3.05) is 31.3 Å². The molecule has 1 aromatic heterocycles. The smallest absolute Gasteiger partial charge is 0.341 e. The van der Waals surface area contributed by atoms with Gasteiger partial charge < -0.3 is 10.1 Å². The number of thioether (sulfide) groups is 1. The van der Waals surface area contributed by atoms with Gasteiger partial charge in [0.05, 0.1) is 12.7 Å². The zero-order valence-electron chi connectivity index (χ0n) is 15.9. The molecule has 1 N–H and O–H groups in total. The van der Waals surface area contributed by atoms with E-state index in [-0.39, 0.29) is 11.9 Å². The third kappa shape index (κ3) is 5.08. The van der Waals surface area contributed by atoms with E-state index in [2.05, 4.69) is 17.1 Å². The molecule has 0 saturated carbocycles. The van der Waals surface area contributed by atoms with Gasteiger partial charge in [0.2, 0.25) is 5.91 Å². The van der Waals surface area contributed by atoms with Crippen LogP contribution in [-0.4, -0.2) is 42.7 Å². The average Bonchev–Trinajstić information content (AvgIpc) is 3.05. The number of amides is 1. The van der Waals surface area contributed by atoms with Gasteiger partial charge in [-0.2, -0.15) is 0 Å². The maximum atomic E-state index is 12.5. The largest absolute Gasteiger partial charge is 0.465 e. The van der Waals surface area contributed by atoms with E-state index in [1.54, 1.807) is 11.8 Å². The molecule has 8 heteroatoms. The second-order valence-corrected chi connectivity index (χ2v) is 9.13. The Morgan fingerprint density at radius 1 is 1.32 bits per heavy atom. The van der Waals surface area contributed by atoms with Crippen molar-refractivity contribution < 1.29 is 14.3 Å². The molecule has 0 aliphatic carbocycles. The number of halogens is 1. The van der Waals surface area contributed by atoms with Crippen LogP contribution < -0.4 is 5.32 Å². The van der Waals surface area contributed by atoms with Crippen LogP contribution in [0, 0.1) is 0 Å². The fourth-order valence-electron chi connectivity index (χ4n) is 3.11. The number of benzene rings is 1. The van der Waals surface area contributed by atoms with Crippen LogP contribution in [0.4, 0.5) is 5.00 Å². The van der Waals surface area contributed by atoms with E-state index in [4.69, 9.17) is 16.3 Å². The van der Waals surface area contributed by atoms with Crippen LogP contribution in [0.2, 0.25) is 5.02 Å². The Morgan fingerprint density at radius 2 is 2.07 bits per heavy atom. The number of fused-ring (bicyclic) bond motifs is 1. The summed E-state index contributed by atoms with van der Waals surface area (Å²) in [6, 6.07) is 7.55. The predicted octanol–water partition coefficient (Wildman–Crippen LogP) is 4.69. The highest BCUT2D eigenvalue weighted by Gasteiger charge is 2.28. The van der Waals surface area contributed by atoms with Crippen LogP contribution in [0.3, 0.4) is 0 Å². The second kappa shape index (κ2) is 9.78. The lowest BCUT2D eigenvalue weighted by atomic mass is 10.0. The number of rotatable bonds is 7. The standard InChI is InChI=1S/C20H23ClN2O3S2/c1-3-23-10-8-15-16(12-23)28-19(18(15)20(25)26-2)22-17(24)9-11-27-14-6-4-13(21)5-7-14/h4-7H,3,8-12H2,1-2H3,(H,22,24). The lowest BCUT2D eigenvalue weighted by Gasteiger charge is -2.25. The lowest BCUT2D eigenvalue weighted by Crippen LogP contribution is -2.29. The number of anilines is 1. The van der Waals surface area contributed by atoms with Gasteiger partial charge in [0.15, 0.2) is 0 Å². The third-order valence-electron chi connectivity index (χ3n) is 4.64. The molecule has 150 valence electrons. The number of carbonyl (C=O) groups is 2. The number of thiophene rings is 1. The molecule has 3 rings (SSSR count). The molecular formula is C20H23ClN2O3S2. The van der Waals surface area contributed by atoms with E-state index in [9.17, 15) is 9.59 Å². The van der Waals surface area contributed by atoms with E-state index in [1.807, 2.05) is 24.3 Å². The molecule has 0 spiro atoms. The summed E-state index contributed by atoms with van der Waals surface area (Å²) >= 11 is 8.97. The first-order valence-corrected chi connectivity index (χ1v) is 11.3. The molecule has 0 radical (unpaired) electrons.